The van der Waals surface area contributed by atoms with Gasteiger partial charge in [-0.15, -0.1) is 0 Å². The average Bonchev–Trinajstić information content (AvgIpc) is 3.53. The summed E-state index contributed by atoms with van der Waals surface area (Å²) in [6.07, 6.45) is 7.75. The second-order valence-electron chi connectivity index (χ2n) is 11.3. The van der Waals surface area contributed by atoms with Crippen molar-refractivity contribution in [1.29, 1.82) is 0 Å². The molecule has 2 saturated carbocycles. The third kappa shape index (κ3) is 4.28. The second kappa shape index (κ2) is 8.15. The van der Waals surface area contributed by atoms with Gasteiger partial charge in [0.15, 0.2) is 0 Å². The number of rotatable bonds is 5. The van der Waals surface area contributed by atoms with Crippen LogP contribution in [0.25, 0.3) is 0 Å². The number of carbonyl (C=O) groups excluding carboxylic acids is 1. The third-order valence-electron chi connectivity index (χ3n) is 8.61. The van der Waals surface area contributed by atoms with Crippen molar-refractivity contribution in [2.24, 2.45) is 5.41 Å². The summed E-state index contributed by atoms with van der Waals surface area (Å²) in [5.74, 6) is -0.251. The van der Waals surface area contributed by atoms with Crippen LogP contribution in [0.2, 0.25) is 0 Å². The Morgan fingerprint density at radius 3 is 2.24 bits per heavy atom. The lowest BCUT2D eigenvalue weighted by Crippen LogP contribution is -2.44. The van der Waals surface area contributed by atoms with Crippen molar-refractivity contribution in [2.75, 3.05) is 35.5 Å². The zero-order chi connectivity index (χ0) is 26.2. The Labute approximate surface area is 218 Å². The molecular formula is C27H31N3O5S2. The molecule has 3 fully saturated rings. The molecule has 0 aromatic heterocycles. The first kappa shape index (κ1) is 24.6. The van der Waals surface area contributed by atoms with Crippen LogP contribution in [0.15, 0.2) is 59.5 Å². The highest BCUT2D eigenvalue weighted by Crippen LogP contribution is 2.62. The van der Waals surface area contributed by atoms with Crippen LogP contribution in [0.4, 0.5) is 11.4 Å². The molecule has 1 saturated heterocycles. The quantitative estimate of drug-likeness (QED) is 0.579. The summed E-state index contributed by atoms with van der Waals surface area (Å²) < 4.78 is 53.8. The van der Waals surface area contributed by atoms with Crippen molar-refractivity contribution < 1.29 is 21.6 Å². The minimum Gasteiger partial charge on any atom is -0.307 e. The van der Waals surface area contributed by atoms with E-state index < -0.39 is 20.0 Å². The van der Waals surface area contributed by atoms with Gasteiger partial charge in [0.2, 0.25) is 20.0 Å². The number of nitrogens with one attached hydrogen (secondary N) is 1. The fourth-order valence-electron chi connectivity index (χ4n) is 6.21. The Morgan fingerprint density at radius 1 is 0.946 bits per heavy atom. The van der Waals surface area contributed by atoms with Crippen molar-refractivity contribution in [2.45, 2.75) is 48.8 Å². The average molecular weight is 542 g/mol. The molecule has 0 atom stereocenters. The highest BCUT2D eigenvalue weighted by atomic mass is 32.2. The predicted molar refractivity (Wildman–Crippen MR) is 143 cm³/mol. The van der Waals surface area contributed by atoms with Crippen molar-refractivity contribution in [3.8, 4) is 0 Å². The number of fused-ring (bicyclic) bond motifs is 2. The molecule has 6 rings (SSSR count). The van der Waals surface area contributed by atoms with Gasteiger partial charge in [-0.1, -0.05) is 12.6 Å². The predicted octanol–water partition coefficient (Wildman–Crippen LogP) is 3.87. The molecule has 196 valence electrons. The Bertz CT molecular complexity index is 1530. The van der Waals surface area contributed by atoms with E-state index in [4.69, 9.17) is 0 Å². The molecule has 0 radical (unpaired) electrons. The van der Waals surface area contributed by atoms with E-state index in [2.05, 4.69) is 11.3 Å². The maximum Gasteiger partial charge on any atom is 0.258 e. The van der Waals surface area contributed by atoms with Crippen LogP contribution >= 0.6 is 0 Å². The Hall–Kier alpha value is -2.69. The lowest BCUT2D eigenvalue weighted by molar-refractivity contribution is 0.0980. The normalized spacial score (nSPS) is 22.1. The van der Waals surface area contributed by atoms with E-state index in [0.29, 0.717) is 36.3 Å². The van der Waals surface area contributed by atoms with Crippen molar-refractivity contribution in [3.63, 3.8) is 0 Å². The minimum atomic E-state index is -3.69. The standard InChI is InChI=1S/C27H31N3O5S2/c1-19-16-29(17-19)37(34,35)22-5-3-4-20(14-22)25(31)30-18-27(12-10-26(8-9-26)11-13-27)23-15-21(6-7-24(23)30)28-36(2,32)33/h3-7,14-15,28H,1,8-13,16-18H2,2H3. The molecule has 4 aliphatic rings. The van der Waals surface area contributed by atoms with Crippen molar-refractivity contribution >= 4 is 37.3 Å². The number of nitrogens with zero attached hydrogens (tertiary/aromatic N) is 2. The third-order valence-corrected chi connectivity index (χ3v) is 11.0. The lowest BCUT2D eigenvalue weighted by atomic mass is 9.66. The van der Waals surface area contributed by atoms with Crippen LogP contribution in [-0.2, 0) is 25.5 Å². The Kier molecular flexibility index (Phi) is 5.43. The molecule has 0 bridgehead atoms. The van der Waals surface area contributed by atoms with Gasteiger partial charge in [0, 0.05) is 42.0 Å². The first-order valence-electron chi connectivity index (χ1n) is 12.6. The topological polar surface area (TPSA) is 104 Å². The maximum absolute atomic E-state index is 13.9. The van der Waals surface area contributed by atoms with Gasteiger partial charge in [0.05, 0.1) is 11.2 Å². The van der Waals surface area contributed by atoms with Gasteiger partial charge in [0.25, 0.3) is 5.91 Å². The smallest absolute Gasteiger partial charge is 0.258 e. The largest absolute Gasteiger partial charge is 0.307 e. The van der Waals surface area contributed by atoms with Crippen LogP contribution < -0.4 is 9.62 Å². The van der Waals surface area contributed by atoms with Crippen LogP contribution in [0.5, 0.6) is 0 Å². The summed E-state index contributed by atoms with van der Waals surface area (Å²) in [6, 6.07) is 11.6. The molecule has 0 unspecified atom stereocenters. The summed E-state index contributed by atoms with van der Waals surface area (Å²) in [6.45, 7) is 4.91. The number of carbonyl (C=O) groups is 1. The zero-order valence-electron chi connectivity index (χ0n) is 20.9. The SMILES string of the molecule is C=C1CN(S(=O)(=O)c2cccc(C(=O)N3CC4(CCC5(CC5)CC4)c4cc(NS(C)(=O)=O)ccc43)c2)C1. The molecule has 2 aromatic carbocycles. The maximum atomic E-state index is 13.9. The van der Waals surface area contributed by atoms with Crippen LogP contribution in [-0.4, -0.2) is 52.9 Å². The van der Waals surface area contributed by atoms with Gasteiger partial charge in [-0.05, 0) is 91.5 Å². The molecule has 10 heteroatoms. The van der Waals surface area contributed by atoms with E-state index in [1.54, 1.807) is 23.1 Å². The summed E-state index contributed by atoms with van der Waals surface area (Å²) in [7, 11) is -7.14. The number of hydrogen-bond donors (Lipinski definition) is 1. The molecule has 8 nitrogen and oxygen atoms in total. The van der Waals surface area contributed by atoms with Gasteiger partial charge >= 0.3 is 0 Å². The first-order chi connectivity index (χ1) is 17.4. The fourth-order valence-corrected chi connectivity index (χ4v) is 8.29. The Balaban J connectivity index is 1.35. The molecule has 2 aliphatic carbocycles. The van der Waals surface area contributed by atoms with E-state index in [9.17, 15) is 21.6 Å². The first-order valence-corrected chi connectivity index (χ1v) is 15.9. The van der Waals surface area contributed by atoms with E-state index in [0.717, 1.165) is 48.8 Å². The molecule has 37 heavy (non-hydrogen) atoms. The lowest BCUT2D eigenvalue weighted by Gasteiger charge is -2.38. The van der Waals surface area contributed by atoms with Gasteiger partial charge in [-0.25, -0.2) is 16.8 Å². The molecule has 2 aliphatic heterocycles. The fraction of sp³-hybridized carbons (Fsp3) is 0.444. The van der Waals surface area contributed by atoms with Gasteiger partial charge in [-0.2, -0.15) is 4.31 Å². The number of hydrogen-bond acceptors (Lipinski definition) is 5. The minimum absolute atomic E-state index is 0.0982. The summed E-state index contributed by atoms with van der Waals surface area (Å²) in [5.41, 5.74) is 3.64. The van der Waals surface area contributed by atoms with Gasteiger partial charge < -0.3 is 4.90 Å². The molecular weight excluding hydrogens is 510 g/mol. The monoisotopic (exact) mass is 541 g/mol. The van der Waals surface area contributed by atoms with E-state index in [1.807, 2.05) is 12.1 Å². The number of amides is 1. The van der Waals surface area contributed by atoms with Gasteiger partial charge in [0.1, 0.15) is 0 Å². The second-order valence-corrected chi connectivity index (χ2v) is 15.0. The highest BCUT2D eigenvalue weighted by molar-refractivity contribution is 7.92. The van der Waals surface area contributed by atoms with Crippen LogP contribution in [0.1, 0.15) is 54.4 Å². The van der Waals surface area contributed by atoms with E-state index in [-0.39, 0.29) is 16.2 Å². The van der Waals surface area contributed by atoms with Crippen LogP contribution in [0, 0.1) is 5.41 Å². The van der Waals surface area contributed by atoms with E-state index >= 15 is 0 Å². The van der Waals surface area contributed by atoms with Gasteiger partial charge in [-0.3, -0.25) is 9.52 Å². The van der Waals surface area contributed by atoms with Crippen molar-refractivity contribution in [3.05, 3.63) is 65.7 Å². The van der Waals surface area contributed by atoms with Crippen molar-refractivity contribution in [1.82, 2.24) is 4.31 Å². The Morgan fingerprint density at radius 2 is 1.62 bits per heavy atom. The molecule has 2 aromatic rings. The molecule has 2 spiro atoms. The summed E-state index contributed by atoms with van der Waals surface area (Å²) in [5, 5.41) is 0. The zero-order valence-corrected chi connectivity index (χ0v) is 22.5. The number of sulfonamides is 2. The van der Waals surface area contributed by atoms with Crippen LogP contribution in [0.3, 0.4) is 0 Å². The molecule has 1 N–H and O–H groups in total. The summed E-state index contributed by atoms with van der Waals surface area (Å²) in [4.78, 5) is 15.7. The highest BCUT2D eigenvalue weighted by Gasteiger charge is 2.53. The molecule has 1 amide bonds. The molecule has 2 heterocycles. The number of anilines is 2. The number of benzene rings is 2. The van der Waals surface area contributed by atoms with E-state index in [1.165, 1.54) is 29.3 Å². The summed E-state index contributed by atoms with van der Waals surface area (Å²) >= 11 is 0.